The third-order valence-electron chi connectivity index (χ3n) is 5.20. The van der Waals surface area contributed by atoms with Crippen molar-refractivity contribution in [3.8, 4) is 0 Å². The number of carbonyl (C=O) groups excluding carboxylic acids is 1. The number of nitrogens with zero attached hydrogens (tertiary/aromatic N) is 2. The topological polar surface area (TPSA) is 56.4 Å². The van der Waals surface area contributed by atoms with Gasteiger partial charge in [-0.05, 0) is 29.5 Å². The molecule has 1 aliphatic heterocycles. The van der Waals surface area contributed by atoms with Gasteiger partial charge in [0.15, 0.2) is 0 Å². The van der Waals surface area contributed by atoms with Crippen molar-refractivity contribution in [1.29, 1.82) is 0 Å². The number of nitrogens with one attached hydrogen (secondary N) is 1. The Balaban J connectivity index is 1.38. The maximum absolute atomic E-state index is 12.8. The van der Waals surface area contributed by atoms with Crippen molar-refractivity contribution in [3.05, 3.63) is 82.3 Å². The van der Waals surface area contributed by atoms with Gasteiger partial charge in [0.1, 0.15) is 5.69 Å². The summed E-state index contributed by atoms with van der Waals surface area (Å²) < 4.78 is 0. The molecule has 1 amide bonds. The lowest BCUT2D eigenvalue weighted by molar-refractivity contribution is 0.0632. The van der Waals surface area contributed by atoms with Crippen LogP contribution in [0.25, 0.3) is 10.8 Å². The van der Waals surface area contributed by atoms with E-state index in [-0.39, 0.29) is 11.5 Å². The van der Waals surface area contributed by atoms with Gasteiger partial charge in [-0.3, -0.25) is 14.5 Å². The van der Waals surface area contributed by atoms with Crippen LogP contribution in [0.4, 0.5) is 0 Å². The van der Waals surface area contributed by atoms with Gasteiger partial charge >= 0.3 is 0 Å². The summed E-state index contributed by atoms with van der Waals surface area (Å²) in [5, 5.41) is 1.41. The average molecular weight is 361 g/mol. The van der Waals surface area contributed by atoms with E-state index in [2.05, 4.69) is 34.1 Å². The number of hydrogen-bond donors (Lipinski definition) is 1. The molecule has 2 heterocycles. The van der Waals surface area contributed by atoms with E-state index in [1.54, 1.807) is 12.1 Å². The summed E-state index contributed by atoms with van der Waals surface area (Å²) in [4.78, 5) is 32.0. The Hall–Kier alpha value is -2.92. The number of carbonyl (C=O) groups is 1. The number of hydrogen-bond acceptors (Lipinski definition) is 3. The van der Waals surface area contributed by atoms with Crippen LogP contribution in [0, 0.1) is 0 Å². The number of aromatic amines is 1. The molecule has 2 aromatic carbocycles. The molecule has 0 radical (unpaired) electrons. The molecule has 3 aromatic rings. The Kier molecular flexibility index (Phi) is 5.03. The molecule has 4 rings (SSSR count). The van der Waals surface area contributed by atoms with E-state index < -0.39 is 0 Å². The van der Waals surface area contributed by atoms with Gasteiger partial charge in [0.25, 0.3) is 11.5 Å². The predicted molar refractivity (Wildman–Crippen MR) is 107 cm³/mol. The fourth-order valence-corrected chi connectivity index (χ4v) is 3.60. The first-order chi connectivity index (χ1) is 13.2. The standard InChI is InChI=1S/C22H23N3O2/c26-21-19-9-5-4-8-18(19)16-20(23-21)22(27)25-14-12-24(13-15-25)11-10-17-6-2-1-3-7-17/h1-9,16H,10-15H2,(H,23,26). The van der Waals surface area contributed by atoms with Crippen molar-refractivity contribution in [3.63, 3.8) is 0 Å². The van der Waals surface area contributed by atoms with E-state index in [0.29, 0.717) is 24.2 Å². The second-order valence-electron chi connectivity index (χ2n) is 6.97. The smallest absolute Gasteiger partial charge is 0.270 e. The highest BCUT2D eigenvalue weighted by Gasteiger charge is 2.23. The fourth-order valence-electron chi connectivity index (χ4n) is 3.60. The van der Waals surface area contributed by atoms with Gasteiger partial charge < -0.3 is 9.88 Å². The number of benzene rings is 2. The van der Waals surface area contributed by atoms with E-state index in [9.17, 15) is 9.59 Å². The van der Waals surface area contributed by atoms with E-state index in [1.807, 2.05) is 29.2 Å². The lowest BCUT2D eigenvalue weighted by atomic mass is 10.1. The molecule has 1 aromatic heterocycles. The number of H-pyrrole nitrogens is 1. The normalized spacial score (nSPS) is 15.2. The molecule has 138 valence electrons. The lowest BCUT2D eigenvalue weighted by Gasteiger charge is -2.34. The highest BCUT2D eigenvalue weighted by molar-refractivity contribution is 5.96. The van der Waals surface area contributed by atoms with Crippen LogP contribution in [0.2, 0.25) is 0 Å². The average Bonchev–Trinajstić information content (AvgIpc) is 2.73. The fraction of sp³-hybridized carbons (Fsp3) is 0.273. The monoisotopic (exact) mass is 361 g/mol. The van der Waals surface area contributed by atoms with Crippen molar-refractivity contribution in [2.24, 2.45) is 0 Å². The van der Waals surface area contributed by atoms with Crippen molar-refractivity contribution in [1.82, 2.24) is 14.8 Å². The zero-order chi connectivity index (χ0) is 18.6. The first-order valence-corrected chi connectivity index (χ1v) is 9.38. The first-order valence-electron chi connectivity index (χ1n) is 9.38. The molecule has 0 unspecified atom stereocenters. The van der Waals surface area contributed by atoms with Crippen LogP contribution in [0.15, 0.2) is 65.5 Å². The molecular weight excluding hydrogens is 338 g/mol. The summed E-state index contributed by atoms with van der Waals surface area (Å²) in [5.41, 5.74) is 1.50. The van der Waals surface area contributed by atoms with Gasteiger partial charge in [-0.1, -0.05) is 48.5 Å². The molecule has 1 N–H and O–H groups in total. The third kappa shape index (κ3) is 3.93. The van der Waals surface area contributed by atoms with Gasteiger partial charge in [-0.2, -0.15) is 0 Å². The number of pyridine rings is 1. The van der Waals surface area contributed by atoms with Crippen molar-refractivity contribution in [2.45, 2.75) is 6.42 Å². The number of piperazine rings is 1. The summed E-state index contributed by atoms with van der Waals surface area (Å²) >= 11 is 0. The molecule has 27 heavy (non-hydrogen) atoms. The maximum Gasteiger partial charge on any atom is 0.270 e. The summed E-state index contributed by atoms with van der Waals surface area (Å²) in [5.74, 6) is -0.0967. The Labute approximate surface area is 158 Å². The molecule has 5 heteroatoms. The Morgan fingerprint density at radius 3 is 2.41 bits per heavy atom. The van der Waals surface area contributed by atoms with E-state index in [1.165, 1.54) is 5.56 Å². The quantitative estimate of drug-likeness (QED) is 0.777. The van der Waals surface area contributed by atoms with Gasteiger partial charge in [-0.15, -0.1) is 0 Å². The van der Waals surface area contributed by atoms with Crippen LogP contribution in [0.1, 0.15) is 16.1 Å². The van der Waals surface area contributed by atoms with Crippen molar-refractivity contribution in [2.75, 3.05) is 32.7 Å². The minimum Gasteiger partial charge on any atom is -0.335 e. The van der Waals surface area contributed by atoms with E-state index >= 15 is 0 Å². The molecule has 0 bridgehead atoms. The molecule has 0 atom stereocenters. The van der Waals surface area contributed by atoms with Crippen LogP contribution >= 0.6 is 0 Å². The van der Waals surface area contributed by atoms with Crippen LogP contribution < -0.4 is 5.56 Å². The number of rotatable bonds is 4. The summed E-state index contributed by atoms with van der Waals surface area (Å²) in [6.07, 6.45) is 1.02. The molecule has 1 aliphatic rings. The predicted octanol–water partition coefficient (Wildman–Crippen LogP) is 2.53. The second-order valence-corrected chi connectivity index (χ2v) is 6.97. The molecule has 5 nitrogen and oxygen atoms in total. The zero-order valence-corrected chi connectivity index (χ0v) is 15.2. The third-order valence-corrected chi connectivity index (χ3v) is 5.20. The van der Waals surface area contributed by atoms with Crippen molar-refractivity contribution >= 4 is 16.7 Å². The lowest BCUT2D eigenvalue weighted by Crippen LogP contribution is -2.49. The minimum absolute atomic E-state index is 0.0967. The van der Waals surface area contributed by atoms with E-state index in [0.717, 1.165) is 31.4 Å². The van der Waals surface area contributed by atoms with Gasteiger partial charge in [0, 0.05) is 38.1 Å². The highest BCUT2D eigenvalue weighted by atomic mass is 16.2. The van der Waals surface area contributed by atoms with Gasteiger partial charge in [-0.25, -0.2) is 0 Å². The maximum atomic E-state index is 12.8. The van der Waals surface area contributed by atoms with Crippen LogP contribution in [0.3, 0.4) is 0 Å². The summed E-state index contributed by atoms with van der Waals surface area (Å²) in [6.45, 7) is 4.08. The Morgan fingerprint density at radius 2 is 1.63 bits per heavy atom. The minimum atomic E-state index is -0.210. The number of aromatic nitrogens is 1. The van der Waals surface area contributed by atoms with Crippen LogP contribution in [-0.2, 0) is 6.42 Å². The second kappa shape index (κ2) is 7.76. The number of fused-ring (bicyclic) bond motifs is 1. The molecular formula is C22H23N3O2. The number of amides is 1. The SMILES string of the molecule is O=C(c1cc2ccccc2c(=O)[nH]1)N1CCN(CCc2ccccc2)CC1. The van der Waals surface area contributed by atoms with Crippen LogP contribution in [0.5, 0.6) is 0 Å². The van der Waals surface area contributed by atoms with Crippen molar-refractivity contribution < 1.29 is 4.79 Å². The first kappa shape index (κ1) is 17.5. The molecule has 0 aliphatic carbocycles. The Bertz CT molecular complexity index is 989. The van der Waals surface area contributed by atoms with E-state index in [4.69, 9.17) is 0 Å². The van der Waals surface area contributed by atoms with Gasteiger partial charge in [0.2, 0.25) is 0 Å². The molecule has 0 saturated carbocycles. The van der Waals surface area contributed by atoms with Crippen LogP contribution in [-0.4, -0.2) is 53.4 Å². The molecule has 1 saturated heterocycles. The summed E-state index contributed by atoms with van der Waals surface area (Å²) in [6, 6.07) is 19.6. The van der Waals surface area contributed by atoms with Gasteiger partial charge in [0.05, 0.1) is 0 Å². The highest BCUT2D eigenvalue weighted by Crippen LogP contribution is 2.13. The summed E-state index contributed by atoms with van der Waals surface area (Å²) in [7, 11) is 0. The molecule has 0 spiro atoms. The largest absolute Gasteiger partial charge is 0.335 e. The molecule has 1 fully saturated rings. The Morgan fingerprint density at radius 1 is 0.926 bits per heavy atom. The zero-order valence-electron chi connectivity index (χ0n) is 15.2.